The van der Waals surface area contributed by atoms with Crippen LogP contribution in [0.4, 0.5) is 34.1 Å². The summed E-state index contributed by atoms with van der Waals surface area (Å²) >= 11 is 0. The number of rotatable bonds is 2. The molecule has 59 heavy (non-hydrogen) atoms. The maximum absolute atomic E-state index is 2.75. The van der Waals surface area contributed by atoms with E-state index in [4.69, 9.17) is 0 Å². The molecular weight excluding hydrogens is 711 g/mol. The van der Waals surface area contributed by atoms with Gasteiger partial charge in [-0.05, 0) is 173 Å². The van der Waals surface area contributed by atoms with E-state index in [1.165, 1.54) is 124 Å². The number of hydrogen-bond donors (Lipinski definition) is 0. The zero-order chi connectivity index (χ0) is 38.2. The molecule has 7 aromatic rings. The molecular formula is C56H45BN2. The van der Waals surface area contributed by atoms with Gasteiger partial charge in [0.15, 0.2) is 0 Å². The molecule has 0 atom stereocenters. The topological polar surface area (TPSA) is 6.48 Å². The fourth-order valence-electron chi connectivity index (χ4n) is 15.8. The SMILES string of the molecule is c1ccc(N2c3cc4c(cc3B3c5ccccc5N(c5cccc6c5-c5ccccc5C65C6CCC5CC6)c5cccc2c53)C2(c3ccccc3-4)C3CCC2CC3)cc1. The summed E-state index contributed by atoms with van der Waals surface area (Å²) in [6.07, 6.45) is 10.8. The van der Waals surface area contributed by atoms with Crippen LogP contribution in [0.15, 0.2) is 152 Å². The highest BCUT2D eigenvalue weighted by atomic mass is 15.2. The molecule has 2 heterocycles. The smallest absolute Gasteiger partial charge is 0.252 e. The van der Waals surface area contributed by atoms with E-state index in [0.717, 1.165) is 23.7 Å². The van der Waals surface area contributed by atoms with Crippen LogP contribution in [-0.2, 0) is 10.8 Å². The van der Waals surface area contributed by atoms with E-state index < -0.39 is 0 Å². The fraction of sp³-hybridized carbons (Fsp3) is 0.250. The molecule has 2 spiro atoms. The van der Waals surface area contributed by atoms with Gasteiger partial charge in [0.25, 0.3) is 6.71 Å². The summed E-state index contributed by atoms with van der Waals surface area (Å²) in [5, 5.41) is 0. The molecule has 4 saturated carbocycles. The molecule has 0 N–H and O–H groups in total. The standard InChI is InChI=1S/C56H45BN2/c1-2-12-38(13-3-1)58-50-22-11-23-51-54(50)57(47-33-45-41(32-52(47)58)39-14-4-6-16-42(39)56(45)36-28-29-37(56)31-30-36)46-19-8-9-20-48(46)59(51)49-21-10-18-44-53(49)40-15-5-7-17-43(40)55(44)34-24-25-35(55)27-26-34/h1-23,32-37H,24-31H2. The Morgan fingerprint density at radius 1 is 0.373 bits per heavy atom. The molecule has 282 valence electrons. The van der Waals surface area contributed by atoms with Crippen LogP contribution in [0.5, 0.6) is 0 Å². The summed E-state index contributed by atoms with van der Waals surface area (Å²) in [6.45, 7) is 0.120. The van der Waals surface area contributed by atoms with E-state index >= 15 is 0 Å². The lowest BCUT2D eigenvalue weighted by molar-refractivity contribution is 0.400. The van der Waals surface area contributed by atoms with Crippen LogP contribution >= 0.6 is 0 Å². The van der Waals surface area contributed by atoms with Gasteiger partial charge in [-0.2, -0.15) is 0 Å². The maximum atomic E-state index is 2.75. The van der Waals surface area contributed by atoms with E-state index in [0.29, 0.717) is 0 Å². The summed E-state index contributed by atoms with van der Waals surface area (Å²) in [5.74, 6) is 2.91. The molecule has 3 heteroatoms. The van der Waals surface area contributed by atoms with Gasteiger partial charge >= 0.3 is 0 Å². The summed E-state index contributed by atoms with van der Waals surface area (Å²) < 4.78 is 0. The van der Waals surface area contributed by atoms with Crippen molar-refractivity contribution in [2.45, 2.75) is 62.2 Å². The summed E-state index contributed by atoms with van der Waals surface area (Å²) in [4.78, 5) is 5.30. The molecule has 0 aromatic heterocycles. The van der Waals surface area contributed by atoms with Crippen molar-refractivity contribution in [3.05, 3.63) is 174 Å². The van der Waals surface area contributed by atoms with Crippen LogP contribution in [0, 0.1) is 23.7 Å². The molecule has 15 rings (SSSR count). The van der Waals surface area contributed by atoms with Crippen molar-refractivity contribution in [2.24, 2.45) is 23.7 Å². The van der Waals surface area contributed by atoms with E-state index in [-0.39, 0.29) is 17.5 Å². The number of nitrogens with zero attached hydrogens (tertiary/aromatic N) is 2. The Morgan fingerprint density at radius 2 is 0.898 bits per heavy atom. The molecule has 6 aliphatic carbocycles. The molecule has 2 nitrogen and oxygen atoms in total. The average Bonchev–Trinajstić information content (AvgIpc) is 4.15. The summed E-state index contributed by atoms with van der Waals surface area (Å²) in [7, 11) is 0. The summed E-state index contributed by atoms with van der Waals surface area (Å²) in [6, 6.07) is 59.6. The minimum Gasteiger partial charge on any atom is -0.311 e. The first kappa shape index (κ1) is 32.1. The largest absolute Gasteiger partial charge is 0.311 e. The van der Waals surface area contributed by atoms with Crippen molar-refractivity contribution >= 4 is 57.2 Å². The second kappa shape index (κ2) is 11.1. The first-order chi connectivity index (χ1) is 29.3. The highest BCUT2D eigenvalue weighted by Crippen LogP contribution is 2.70. The van der Waals surface area contributed by atoms with Crippen molar-refractivity contribution in [2.75, 3.05) is 9.80 Å². The Balaban J connectivity index is 1.02. The lowest BCUT2D eigenvalue weighted by atomic mass is 9.33. The highest BCUT2D eigenvalue weighted by Gasteiger charge is 2.62. The highest BCUT2D eigenvalue weighted by molar-refractivity contribution is 7.00. The first-order valence-electron chi connectivity index (χ1n) is 22.7. The molecule has 2 aliphatic heterocycles. The van der Waals surface area contributed by atoms with Crippen LogP contribution in [0.1, 0.15) is 73.6 Å². The minimum atomic E-state index is 0.120. The predicted octanol–water partition coefficient (Wildman–Crippen LogP) is 11.9. The van der Waals surface area contributed by atoms with E-state index in [1.807, 2.05) is 0 Å². The van der Waals surface area contributed by atoms with E-state index in [9.17, 15) is 0 Å². The van der Waals surface area contributed by atoms with Crippen LogP contribution in [0.2, 0.25) is 0 Å². The summed E-state index contributed by atoms with van der Waals surface area (Å²) in [5.41, 5.74) is 24.7. The molecule has 0 radical (unpaired) electrons. The first-order valence-corrected chi connectivity index (χ1v) is 22.7. The number of hydrogen-bond acceptors (Lipinski definition) is 2. The Morgan fingerprint density at radius 3 is 1.63 bits per heavy atom. The van der Waals surface area contributed by atoms with Gasteiger partial charge in [0.05, 0.1) is 5.69 Å². The van der Waals surface area contributed by atoms with Gasteiger partial charge in [-0.15, -0.1) is 0 Å². The Kier molecular flexibility index (Phi) is 6.02. The molecule has 8 aliphatic rings. The zero-order valence-corrected chi connectivity index (χ0v) is 33.4. The predicted molar refractivity (Wildman–Crippen MR) is 244 cm³/mol. The second-order valence-electron chi connectivity index (χ2n) is 19.3. The van der Waals surface area contributed by atoms with Gasteiger partial charge in [-0.3, -0.25) is 0 Å². The molecule has 7 aromatic carbocycles. The molecule has 0 amide bonds. The lowest BCUT2D eigenvalue weighted by Gasteiger charge is -2.45. The fourth-order valence-corrected chi connectivity index (χ4v) is 15.8. The van der Waals surface area contributed by atoms with Gasteiger partial charge in [0.2, 0.25) is 0 Å². The monoisotopic (exact) mass is 756 g/mol. The van der Waals surface area contributed by atoms with Crippen molar-refractivity contribution < 1.29 is 0 Å². The van der Waals surface area contributed by atoms with Crippen molar-refractivity contribution in [1.29, 1.82) is 0 Å². The van der Waals surface area contributed by atoms with Crippen LogP contribution in [-0.4, -0.2) is 6.71 Å². The average molecular weight is 757 g/mol. The molecule has 0 saturated heterocycles. The molecule has 0 unspecified atom stereocenters. The molecule has 4 fully saturated rings. The van der Waals surface area contributed by atoms with Gasteiger partial charge in [0.1, 0.15) is 0 Å². The third kappa shape index (κ3) is 3.60. The van der Waals surface area contributed by atoms with Crippen LogP contribution in [0.25, 0.3) is 22.3 Å². The number of para-hydroxylation sites is 2. The van der Waals surface area contributed by atoms with Gasteiger partial charge < -0.3 is 9.80 Å². The van der Waals surface area contributed by atoms with Gasteiger partial charge in [-0.1, -0.05) is 109 Å². The van der Waals surface area contributed by atoms with E-state index in [1.54, 1.807) is 22.3 Å². The van der Waals surface area contributed by atoms with Crippen LogP contribution in [0.3, 0.4) is 0 Å². The Bertz CT molecular complexity index is 2940. The Hall–Kier alpha value is -5.80. The van der Waals surface area contributed by atoms with Gasteiger partial charge in [-0.25, -0.2) is 0 Å². The number of benzene rings is 7. The third-order valence-corrected chi connectivity index (χ3v) is 17.6. The number of fused-ring (bicyclic) bond motifs is 10. The van der Waals surface area contributed by atoms with Crippen LogP contribution < -0.4 is 26.2 Å². The van der Waals surface area contributed by atoms with E-state index in [2.05, 4.69) is 161 Å². The lowest BCUT2D eigenvalue weighted by Crippen LogP contribution is -2.61. The zero-order valence-electron chi connectivity index (χ0n) is 33.4. The second-order valence-corrected chi connectivity index (χ2v) is 19.3. The van der Waals surface area contributed by atoms with Crippen molar-refractivity contribution in [3.8, 4) is 22.3 Å². The number of anilines is 6. The third-order valence-electron chi connectivity index (χ3n) is 17.6. The van der Waals surface area contributed by atoms with Crippen molar-refractivity contribution in [1.82, 2.24) is 0 Å². The minimum absolute atomic E-state index is 0.120. The van der Waals surface area contributed by atoms with Crippen molar-refractivity contribution in [3.63, 3.8) is 0 Å². The van der Waals surface area contributed by atoms with Gasteiger partial charge in [0, 0.05) is 44.8 Å². The molecule has 4 bridgehead atoms. The Labute approximate surface area is 347 Å². The maximum Gasteiger partial charge on any atom is 0.252 e. The quantitative estimate of drug-likeness (QED) is 0.162. The normalized spacial score (nSPS) is 27.5.